The topological polar surface area (TPSA) is 389 Å². The molecular weight excluding hydrogens is 1790 g/mol. The molecule has 3 amide bonds. The van der Waals surface area contributed by atoms with Crippen molar-refractivity contribution in [2.45, 2.75) is 85.8 Å². The van der Waals surface area contributed by atoms with Crippen LogP contribution in [0.3, 0.4) is 0 Å². The maximum atomic E-state index is 13.7. The number of rotatable bonds is 30. The molecule has 10 N–H and O–H groups in total. The molecule has 32 nitrogen and oxygen atoms in total. The molecule has 14 heterocycles. The molecule has 1 aliphatic carbocycles. The predicted octanol–water partition coefficient (Wildman–Crippen LogP) is 14.7. The number of morpholine rings is 1. The fourth-order valence-corrected chi connectivity index (χ4v) is 16.5. The minimum Gasteiger partial charge on any atom is -0.493 e. The van der Waals surface area contributed by atoms with Gasteiger partial charge in [-0.05, 0) is 262 Å². The first-order chi connectivity index (χ1) is 67.6. The van der Waals surface area contributed by atoms with Gasteiger partial charge in [-0.2, -0.15) is 0 Å². The number of pyridine rings is 4. The number of fused-ring (bicyclic) bond motifs is 5. The lowest BCUT2D eigenvalue weighted by Crippen LogP contribution is -2.37. The van der Waals surface area contributed by atoms with E-state index < -0.39 is 0 Å². The summed E-state index contributed by atoms with van der Waals surface area (Å²) in [6, 6.07) is 54.3. The van der Waals surface area contributed by atoms with Gasteiger partial charge in [-0.15, -0.1) is 0 Å². The highest BCUT2D eigenvalue weighted by Crippen LogP contribution is 2.40. The maximum Gasteiger partial charge on any atom is 0.231 e. The normalized spacial score (nSPS) is 13.2. The number of aliphatic hydroxyl groups is 1. The molecule has 1 atom stereocenters. The van der Waals surface area contributed by atoms with Gasteiger partial charge in [0.05, 0.1) is 114 Å². The number of nitrogens with two attached hydrogens (primary N) is 3. The second-order valence-corrected chi connectivity index (χ2v) is 36.0. The van der Waals surface area contributed by atoms with Crippen LogP contribution in [0.25, 0.3) is 113 Å². The number of imidazole rings is 4. The number of nitrogens with one attached hydrogen (secondary N) is 3. The molecule has 0 spiro atoms. The first-order valence-electron chi connectivity index (χ1n) is 45.9. The van der Waals surface area contributed by atoms with E-state index in [9.17, 15) is 37.1 Å². The monoisotopic (exact) mass is 1890 g/mol. The second kappa shape index (κ2) is 42.8. The predicted molar refractivity (Wildman–Crippen MR) is 529 cm³/mol. The van der Waals surface area contributed by atoms with Crippen molar-refractivity contribution in [3.8, 4) is 96.3 Å². The van der Waals surface area contributed by atoms with Crippen molar-refractivity contribution in [2.24, 2.45) is 28.5 Å². The number of ether oxygens (including phenoxy) is 2. The number of anilines is 4. The fraction of sp³-hybridized carbons (Fsp3) is 0.260. The van der Waals surface area contributed by atoms with Crippen LogP contribution < -0.4 is 42.8 Å². The smallest absolute Gasteiger partial charge is 0.231 e. The molecule has 140 heavy (non-hydrogen) atoms. The molecule has 1 saturated heterocycles. The van der Waals surface area contributed by atoms with Gasteiger partial charge in [0.25, 0.3) is 0 Å². The highest BCUT2D eigenvalue weighted by Gasteiger charge is 2.29. The SMILES string of the molecule is CC(Nc1nccc(-c2c(-c3ccc(F)cc3)nc3cc(CO)ccn23)n1)C(C)(C)C.CN(CC(N)=O)Cc1ccn2c(-c3ccnc(N4CCOCC4)n3)c(-c3ccc(F)cc3)nc2c1.CN(CC(N)=O)Cc1ccn2c(-c3ccnc(NCC4CC4)n3)c(-c3ccc(F)cc3)nc2c1.CN(CC(N)=O)Cc1ccn2c(-c3ccnc(NCc4ccc5c(c4)CCO5)n3)c(-c3ccc(F)cc3)nc2c1. The number of benzene rings is 5. The molecule has 12 aromatic heterocycles. The summed E-state index contributed by atoms with van der Waals surface area (Å²) in [5.74, 6) is 1.50. The summed E-state index contributed by atoms with van der Waals surface area (Å²) in [5.41, 5.74) is 36.7. The molecule has 20 rings (SSSR count). The Morgan fingerprint density at radius 1 is 0.443 bits per heavy atom. The van der Waals surface area contributed by atoms with Crippen molar-refractivity contribution in [3.05, 3.63) is 294 Å². The number of primary amides is 3. The van der Waals surface area contributed by atoms with Crippen LogP contribution in [0.2, 0.25) is 0 Å². The van der Waals surface area contributed by atoms with Gasteiger partial charge in [-0.25, -0.2) is 77.4 Å². The van der Waals surface area contributed by atoms with Crippen molar-refractivity contribution in [2.75, 3.05) is 101 Å². The summed E-state index contributed by atoms with van der Waals surface area (Å²) in [6.45, 7) is 15.5. The zero-order valence-electron chi connectivity index (χ0n) is 78.4. The largest absolute Gasteiger partial charge is 0.493 e. The van der Waals surface area contributed by atoms with Crippen LogP contribution in [0.4, 0.5) is 41.4 Å². The average Bonchev–Trinajstić information content (AvgIpc) is 1.63. The van der Waals surface area contributed by atoms with Crippen LogP contribution in [-0.4, -0.2) is 201 Å². The van der Waals surface area contributed by atoms with E-state index in [1.54, 1.807) is 73.3 Å². The van der Waals surface area contributed by atoms with Gasteiger partial charge in [0.15, 0.2) is 0 Å². The molecule has 2 aliphatic heterocycles. The van der Waals surface area contributed by atoms with Crippen molar-refractivity contribution in [1.29, 1.82) is 0 Å². The van der Waals surface area contributed by atoms with Crippen molar-refractivity contribution in [3.63, 3.8) is 0 Å². The lowest BCUT2D eigenvalue weighted by Gasteiger charge is -2.28. The van der Waals surface area contributed by atoms with Gasteiger partial charge in [0, 0.05) is 130 Å². The van der Waals surface area contributed by atoms with Crippen LogP contribution in [0.5, 0.6) is 5.75 Å². The van der Waals surface area contributed by atoms with E-state index in [0.717, 1.165) is 128 Å². The quantitative estimate of drug-likeness (QED) is 0.0206. The Balaban J connectivity index is 0.000000129. The molecule has 17 aromatic rings. The molecule has 3 aliphatic rings. The van der Waals surface area contributed by atoms with Crippen LogP contribution >= 0.6 is 0 Å². The van der Waals surface area contributed by atoms with Crippen molar-refractivity contribution < 1.29 is 46.5 Å². The number of carbonyl (C=O) groups excluding carboxylic acids is 3. The van der Waals surface area contributed by atoms with Gasteiger partial charge in [0.1, 0.15) is 51.6 Å². The highest BCUT2D eigenvalue weighted by atomic mass is 19.1. The van der Waals surface area contributed by atoms with Crippen molar-refractivity contribution in [1.82, 2.24) is 92.1 Å². The number of aromatic nitrogens is 16. The highest BCUT2D eigenvalue weighted by molar-refractivity contribution is 5.86. The lowest BCUT2D eigenvalue weighted by atomic mass is 9.88. The molecule has 2 fully saturated rings. The number of hydrogen-bond donors (Lipinski definition) is 7. The zero-order valence-corrected chi connectivity index (χ0v) is 78.4. The van der Waals surface area contributed by atoms with E-state index in [2.05, 4.69) is 74.5 Å². The van der Waals surface area contributed by atoms with Gasteiger partial charge in [0.2, 0.25) is 41.5 Å². The molecule has 36 heteroatoms. The van der Waals surface area contributed by atoms with Gasteiger partial charge < -0.3 is 52.6 Å². The Morgan fingerprint density at radius 2 is 0.807 bits per heavy atom. The standard InChI is InChI=1S/C30H28FN7O2.C25H26FN7O2.C25H26FN7O.C24H26FN5O/c1-37(18-26(32)39)17-20-9-12-38-27(15-20)36-28(21-3-5-23(31)6-4-21)29(38)24-8-11-33-30(35-24)34-16-19-2-7-25-22(14-19)10-13-40-25;1-31(16-21(27)34)15-17-7-9-33-22(14-17)30-23(18-2-4-19(26)5-3-18)24(33)20-6-8-28-25(29-20)32-10-12-35-13-11-32;1-32(15-21(27)34)14-17-9-11-33-22(12-17)31-23(18-4-6-19(26)7-5-18)24(33)20-8-10-28-25(30-20)29-13-16-2-3-16;1-15(24(2,3)4)27-23-26-11-9-19(28-23)22-21(17-5-7-18(25)8-6-17)29-20-13-16(14-31)10-12-30(20)22/h2-9,11-12,14-15H,10,13,16-18H2,1H3,(H2,32,39)(H,33,34,35);2-9,14H,10-13,15-16H2,1H3,(H2,27,34);4-12,16H,2-3,13-15H2,1H3,(H2,27,34)(H,28,29,30);5-13,15,31H,14H2,1-4H3,(H,26,27,28). The first kappa shape index (κ1) is 95.8. The number of aliphatic hydroxyl groups excluding tert-OH is 1. The maximum absolute atomic E-state index is 13.7. The Morgan fingerprint density at radius 3 is 1.19 bits per heavy atom. The van der Waals surface area contributed by atoms with Gasteiger partial charge in [-0.1, -0.05) is 32.9 Å². The van der Waals surface area contributed by atoms with Gasteiger partial charge >= 0.3 is 0 Å². The van der Waals surface area contributed by atoms with E-state index in [0.29, 0.717) is 120 Å². The minimum absolute atomic E-state index is 0.0443. The van der Waals surface area contributed by atoms with Crippen LogP contribution in [-0.2, 0) is 58.3 Å². The Hall–Kier alpha value is -15.9. The van der Waals surface area contributed by atoms with Crippen LogP contribution in [0.1, 0.15) is 73.9 Å². The summed E-state index contributed by atoms with van der Waals surface area (Å²) in [6.07, 6.45) is 18.0. The summed E-state index contributed by atoms with van der Waals surface area (Å²) in [5, 5.41) is 19.6. The zero-order chi connectivity index (χ0) is 97.8. The summed E-state index contributed by atoms with van der Waals surface area (Å²) in [7, 11) is 5.51. The molecule has 0 radical (unpaired) electrons. The third kappa shape index (κ3) is 23.5. The number of likely N-dealkylation sites (N-methyl/N-ethyl adjacent to an activating group) is 3. The first-order valence-corrected chi connectivity index (χ1v) is 45.9. The number of carbonyl (C=O) groups is 3. The fourth-order valence-electron chi connectivity index (χ4n) is 16.5. The van der Waals surface area contributed by atoms with E-state index >= 15 is 0 Å². The number of nitrogens with zero attached hydrogens (tertiary/aromatic N) is 20. The van der Waals surface area contributed by atoms with Gasteiger partial charge in [-0.3, -0.25) is 46.7 Å². The third-order valence-corrected chi connectivity index (χ3v) is 24.0. The van der Waals surface area contributed by atoms with Crippen LogP contribution in [0, 0.1) is 34.6 Å². The minimum atomic E-state index is -0.386. The number of hydrogen-bond acceptors (Lipinski definition) is 25. The molecule has 0 bridgehead atoms. The summed E-state index contributed by atoms with van der Waals surface area (Å²) < 4.78 is 73.4. The van der Waals surface area contributed by atoms with E-state index in [-0.39, 0.29) is 78.7 Å². The van der Waals surface area contributed by atoms with E-state index in [4.69, 9.17) is 66.5 Å². The molecule has 1 saturated carbocycles. The second-order valence-electron chi connectivity index (χ2n) is 36.0. The molecule has 716 valence electrons. The average molecular weight is 1890 g/mol. The van der Waals surface area contributed by atoms with Crippen molar-refractivity contribution >= 4 is 64.1 Å². The van der Waals surface area contributed by atoms with E-state index in [1.165, 1.54) is 66.9 Å². The number of halogens is 4. The summed E-state index contributed by atoms with van der Waals surface area (Å²) >= 11 is 0. The number of amides is 3. The Labute approximate surface area is 804 Å². The van der Waals surface area contributed by atoms with Crippen LogP contribution in [0.15, 0.2) is 238 Å². The Bertz CT molecular complexity index is 7310. The molecule has 1 unspecified atom stereocenters. The summed E-state index contributed by atoms with van der Waals surface area (Å²) in [4.78, 5) is 97.8. The van der Waals surface area contributed by atoms with E-state index in [1.807, 2.05) is 163 Å². The lowest BCUT2D eigenvalue weighted by molar-refractivity contribution is -0.119. The molecular formula is C104H106F4N26O6. The third-order valence-electron chi connectivity index (χ3n) is 24.0. The Kier molecular flexibility index (Phi) is 29.3. The molecule has 5 aromatic carbocycles.